The molecule has 1 aliphatic heterocycles. The third-order valence-corrected chi connectivity index (χ3v) is 3.37. The van der Waals surface area contributed by atoms with Crippen LogP contribution in [-0.4, -0.2) is 40.9 Å². The number of rotatable bonds is 2. The second-order valence-corrected chi connectivity index (χ2v) is 4.23. The topological polar surface area (TPSA) is 52.6 Å². The molecular weight excluding hydrogens is 184 g/mol. The Morgan fingerprint density at radius 3 is 2.64 bits per heavy atom. The molecule has 0 aromatic heterocycles. The van der Waals surface area contributed by atoms with Gasteiger partial charge in [-0.3, -0.25) is 0 Å². The third-order valence-electron chi connectivity index (χ3n) is 1.29. The van der Waals surface area contributed by atoms with Crippen LogP contribution in [0, 0.1) is 0 Å². The lowest BCUT2D eigenvalue weighted by Gasteiger charge is -2.24. The van der Waals surface area contributed by atoms with E-state index in [2.05, 4.69) is 9.62 Å². The number of piperazine rings is 1. The molecule has 11 heavy (non-hydrogen) atoms. The standard InChI is InChI=1S/C5H10N2O2S2/c8-5(9)10-11-7-3-1-6-2-4-7/h6H,1-4H2,(H,8,9). The molecule has 64 valence electrons. The first kappa shape index (κ1) is 9.18. The van der Waals surface area contributed by atoms with Gasteiger partial charge >= 0.3 is 5.30 Å². The van der Waals surface area contributed by atoms with Crippen molar-refractivity contribution in [3.05, 3.63) is 0 Å². The smallest absolute Gasteiger partial charge is 0.376 e. The molecule has 0 unspecified atom stereocenters. The Labute approximate surface area is 73.2 Å². The number of nitrogens with zero attached hydrogens (tertiary/aromatic N) is 1. The average Bonchev–Trinajstić information content (AvgIpc) is 2.03. The van der Waals surface area contributed by atoms with E-state index in [9.17, 15) is 4.79 Å². The molecule has 0 bridgehead atoms. The summed E-state index contributed by atoms with van der Waals surface area (Å²) in [6, 6.07) is 0. The molecule has 1 saturated heterocycles. The van der Waals surface area contributed by atoms with E-state index < -0.39 is 5.30 Å². The van der Waals surface area contributed by atoms with Gasteiger partial charge in [0.15, 0.2) is 0 Å². The molecule has 2 N–H and O–H groups in total. The zero-order chi connectivity index (χ0) is 8.10. The minimum Gasteiger partial charge on any atom is -0.472 e. The van der Waals surface area contributed by atoms with Crippen molar-refractivity contribution in [3.8, 4) is 0 Å². The second kappa shape index (κ2) is 4.87. The van der Waals surface area contributed by atoms with E-state index in [0.29, 0.717) is 0 Å². The van der Waals surface area contributed by atoms with Crippen LogP contribution >= 0.6 is 21.8 Å². The van der Waals surface area contributed by atoms with Crippen molar-refractivity contribution in [2.45, 2.75) is 0 Å². The first-order valence-corrected chi connectivity index (χ1v) is 5.43. The van der Waals surface area contributed by atoms with E-state index in [1.165, 1.54) is 11.0 Å². The van der Waals surface area contributed by atoms with E-state index in [0.717, 1.165) is 37.0 Å². The van der Waals surface area contributed by atoms with Crippen molar-refractivity contribution in [2.75, 3.05) is 26.2 Å². The summed E-state index contributed by atoms with van der Waals surface area (Å²) < 4.78 is 2.05. The van der Waals surface area contributed by atoms with Gasteiger partial charge in [0.1, 0.15) is 0 Å². The Hall–Kier alpha value is 0.0900. The minimum absolute atomic E-state index is 0.825. The summed E-state index contributed by atoms with van der Waals surface area (Å²) in [4.78, 5) is 10.1. The fourth-order valence-corrected chi connectivity index (χ4v) is 2.26. The summed E-state index contributed by atoms with van der Waals surface area (Å²) in [6.07, 6.45) is 0. The van der Waals surface area contributed by atoms with Gasteiger partial charge in [-0.1, -0.05) is 0 Å². The van der Waals surface area contributed by atoms with Crippen molar-refractivity contribution in [3.63, 3.8) is 0 Å². The molecule has 4 nitrogen and oxygen atoms in total. The van der Waals surface area contributed by atoms with Gasteiger partial charge in [-0.25, -0.2) is 9.10 Å². The lowest BCUT2D eigenvalue weighted by Crippen LogP contribution is -2.39. The SMILES string of the molecule is O=C(O)SSN1CCNCC1. The zero-order valence-corrected chi connectivity index (χ0v) is 7.58. The van der Waals surface area contributed by atoms with Crippen LogP contribution in [0.15, 0.2) is 0 Å². The Balaban J connectivity index is 2.09. The molecule has 0 radical (unpaired) electrons. The summed E-state index contributed by atoms with van der Waals surface area (Å²) in [5.41, 5.74) is 0. The highest BCUT2D eigenvalue weighted by Crippen LogP contribution is 2.26. The van der Waals surface area contributed by atoms with Crippen LogP contribution in [-0.2, 0) is 0 Å². The van der Waals surface area contributed by atoms with Crippen LogP contribution in [0.25, 0.3) is 0 Å². The first-order valence-electron chi connectivity index (χ1n) is 3.32. The number of hydrogen-bond donors (Lipinski definition) is 2. The van der Waals surface area contributed by atoms with E-state index in [4.69, 9.17) is 5.11 Å². The molecule has 0 aromatic rings. The summed E-state index contributed by atoms with van der Waals surface area (Å²) >= 11 is 0. The number of carbonyl (C=O) groups is 1. The number of carboxylic acid groups (broad SMARTS) is 1. The van der Waals surface area contributed by atoms with Gasteiger partial charge in [-0.2, -0.15) is 0 Å². The summed E-state index contributed by atoms with van der Waals surface area (Å²) in [6.45, 7) is 3.75. The van der Waals surface area contributed by atoms with Gasteiger partial charge in [0, 0.05) is 48.0 Å². The molecule has 1 heterocycles. The molecule has 0 spiro atoms. The molecule has 1 rings (SSSR count). The quantitative estimate of drug-likeness (QED) is 0.502. The maximum atomic E-state index is 10.1. The Kier molecular flexibility index (Phi) is 4.06. The number of hydrogen-bond acceptors (Lipinski definition) is 5. The van der Waals surface area contributed by atoms with Crippen LogP contribution in [0.5, 0.6) is 0 Å². The second-order valence-electron chi connectivity index (χ2n) is 2.10. The highest BCUT2D eigenvalue weighted by Gasteiger charge is 2.11. The highest BCUT2D eigenvalue weighted by molar-refractivity contribution is 8.81. The zero-order valence-electron chi connectivity index (χ0n) is 5.95. The molecule has 0 aromatic carbocycles. The fraction of sp³-hybridized carbons (Fsp3) is 0.800. The summed E-state index contributed by atoms with van der Waals surface area (Å²) in [5, 5.41) is 10.7. The normalized spacial score (nSPS) is 20.0. The van der Waals surface area contributed by atoms with Crippen LogP contribution in [0.1, 0.15) is 0 Å². The lowest BCUT2D eigenvalue weighted by atomic mass is 10.4. The van der Waals surface area contributed by atoms with Gasteiger partial charge in [-0.15, -0.1) is 0 Å². The van der Waals surface area contributed by atoms with Crippen LogP contribution in [0.3, 0.4) is 0 Å². The van der Waals surface area contributed by atoms with Crippen molar-refractivity contribution in [2.24, 2.45) is 0 Å². The van der Waals surface area contributed by atoms with Crippen molar-refractivity contribution in [1.29, 1.82) is 0 Å². The molecule has 1 aliphatic rings. The molecule has 6 heteroatoms. The van der Waals surface area contributed by atoms with Crippen LogP contribution in [0.4, 0.5) is 4.79 Å². The first-order chi connectivity index (χ1) is 5.29. The molecule has 0 aliphatic carbocycles. The fourth-order valence-electron chi connectivity index (χ4n) is 0.803. The van der Waals surface area contributed by atoms with Gasteiger partial charge < -0.3 is 10.4 Å². The van der Waals surface area contributed by atoms with Crippen molar-refractivity contribution < 1.29 is 9.90 Å². The van der Waals surface area contributed by atoms with Gasteiger partial charge in [0.25, 0.3) is 0 Å². The molecular formula is C5H10N2O2S2. The molecule has 1 fully saturated rings. The van der Waals surface area contributed by atoms with Crippen LogP contribution < -0.4 is 5.32 Å². The maximum absolute atomic E-state index is 10.1. The highest BCUT2D eigenvalue weighted by atomic mass is 33.1. The Morgan fingerprint density at radius 2 is 2.09 bits per heavy atom. The van der Waals surface area contributed by atoms with E-state index in [1.807, 2.05) is 0 Å². The summed E-state index contributed by atoms with van der Waals surface area (Å²) in [5.74, 6) is 0. The van der Waals surface area contributed by atoms with E-state index in [1.54, 1.807) is 0 Å². The van der Waals surface area contributed by atoms with Crippen molar-refractivity contribution in [1.82, 2.24) is 9.62 Å². The van der Waals surface area contributed by atoms with E-state index in [-0.39, 0.29) is 0 Å². The van der Waals surface area contributed by atoms with E-state index >= 15 is 0 Å². The lowest BCUT2D eigenvalue weighted by molar-refractivity contribution is 0.222. The summed E-state index contributed by atoms with van der Waals surface area (Å²) in [7, 11) is 2.19. The van der Waals surface area contributed by atoms with Crippen LogP contribution in [0.2, 0.25) is 0 Å². The van der Waals surface area contributed by atoms with Gasteiger partial charge in [-0.05, 0) is 0 Å². The number of nitrogens with one attached hydrogen (secondary N) is 1. The average molecular weight is 194 g/mol. The minimum atomic E-state index is -0.825. The van der Waals surface area contributed by atoms with Gasteiger partial charge in [0.2, 0.25) is 0 Å². The predicted octanol–water partition coefficient (Wildman–Crippen LogP) is 0.866. The largest absolute Gasteiger partial charge is 0.472 e. The predicted molar refractivity (Wildman–Crippen MR) is 47.6 cm³/mol. The maximum Gasteiger partial charge on any atom is 0.376 e. The van der Waals surface area contributed by atoms with Crippen molar-refractivity contribution >= 4 is 27.1 Å². The molecule has 0 saturated carbocycles. The molecule has 0 atom stereocenters. The Bertz CT molecular complexity index is 138. The third kappa shape index (κ3) is 3.85. The Morgan fingerprint density at radius 1 is 1.45 bits per heavy atom. The van der Waals surface area contributed by atoms with Gasteiger partial charge in [0.05, 0.1) is 0 Å². The molecule has 0 amide bonds. The monoisotopic (exact) mass is 194 g/mol.